The molecular formula is C43H25N3O. The van der Waals surface area contributed by atoms with E-state index in [0.29, 0.717) is 0 Å². The van der Waals surface area contributed by atoms with E-state index in [9.17, 15) is 0 Å². The van der Waals surface area contributed by atoms with Gasteiger partial charge in [0.25, 0.3) is 0 Å². The van der Waals surface area contributed by atoms with Gasteiger partial charge in [-0.25, -0.2) is 15.0 Å². The Bertz CT molecular complexity index is 2850. The van der Waals surface area contributed by atoms with Crippen LogP contribution in [0.25, 0.3) is 99.2 Å². The number of rotatable bonds is 3. The van der Waals surface area contributed by atoms with Gasteiger partial charge in [0.2, 0.25) is 0 Å². The first-order valence-electron chi connectivity index (χ1n) is 15.8. The molecule has 0 aliphatic rings. The topological polar surface area (TPSA) is 51.8 Å². The maximum Gasteiger partial charge on any atom is 0.162 e. The second kappa shape index (κ2) is 10.1. The Morgan fingerprint density at radius 1 is 0.404 bits per heavy atom. The summed E-state index contributed by atoms with van der Waals surface area (Å²) in [5.41, 5.74) is 10.1. The van der Waals surface area contributed by atoms with E-state index in [1.807, 2.05) is 30.3 Å². The van der Waals surface area contributed by atoms with Crippen LogP contribution in [0.2, 0.25) is 0 Å². The highest BCUT2D eigenvalue weighted by atomic mass is 16.3. The highest BCUT2D eigenvalue weighted by Crippen LogP contribution is 2.41. The van der Waals surface area contributed by atoms with Crippen LogP contribution in [0.5, 0.6) is 0 Å². The zero-order chi connectivity index (χ0) is 30.9. The lowest BCUT2D eigenvalue weighted by Gasteiger charge is -2.10. The van der Waals surface area contributed by atoms with Crippen molar-refractivity contribution < 1.29 is 4.42 Å². The van der Waals surface area contributed by atoms with Gasteiger partial charge in [-0.3, -0.25) is 0 Å². The van der Waals surface area contributed by atoms with E-state index in [2.05, 4.69) is 121 Å². The van der Waals surface area contributed by atoms with Crippen molar-refractivity contribution in [2.24, 2.45) is 0 Å². The van der Waals surface area contributed by atoms with Crippen molar-refractivity contribution >= 4 is 65.4 Å². The van der Waals surface area contributed by atoms with Crippen molar-refractivity contribution in [3.05, 3.63) is 152 Å². The maximum atomic E-state index is 6.57. The molecule has 10 aromatic rings. The average Bonchev–Trinajstić information content (AvgIpc) is 3.54. The average molecular weight is 600 g/mol. The third kappa shape index (κ3) is 4.12. The first-order valence-corrected chi connectivity index (χ1v) is 15.8. The molecule has 10 rings (SSSR count). The predicted molar refractivity (Wildman–Crippen MR) is 193 cm³/mol. The molecule has 0 radical (unpaired) electrons. The van der Waals surface area contributed by atoms with Gasteiger partial charge in [0, 0.05) is 43.6 Å². The molecule has 4 aromatic heterocycles. The molecule has 4 heterocycles. The molecule has 0 fully saturated rings. The summed E-state index contributed by atoms with van der Waals surface area (Å²) in [4.78, 5) is 15.6. The number of benzene rings is 6. The Hall–Kier alpha value is -6.39. The first-order chi connectivity index (χ1) is 23.3. The quantitative estimate of drug-likeness (QED) is 0.150. The SMILES string of the molecule is c1ccc(-c2ccc3ccc4ccc(-c5cccc(-c6nc7cc8ccccc8cc7c7c6oc6ccccc67)c5)nc4c3n2)cc1. The van der Waals surface area contributed by atoms with Gasteiger partial charge in [-0.05, 0) is 47.2 Å². The molecule has 6 aromatic carbocycles. The minimum Gasteiger partial charge on any atom is -0.454 e. The van der Waals surface area contributed by atoms with Crippen molar-refractivity contribution in [2.45, 2.75) is 0 Å². The van der Waals surface area contributed by atoms with Crippen molar-refractivity contribution in [3.8, 4) is 33.8 Å². The number of para-hydroxylation sites is 1. The maximum absolute atomic E-state index is 6.57. The number of hydrogen-bond acceptors (Lipinski definition) is 4. The van der Waals surface area contributed by atoms with Crippen molar-refractivity contribution in [1.29, 1.82) is 0 Å². The standard InChI is InChI=1S/C43H25N3O/c1-2-9-26(10-3-1)35-21-19-27-17-18-28-20-22-36(45-41(28)40(27)44-35)31-13-8-14-32(23-31)42-43-39(33-15-6-7-16-38(33)47-43)34-24-29-11-4-5-12-30(29)25-37(34)46-42/h1-25H. The second-order valence-corrected chi connectivity index (χ2v) is 12.0. The van der Waals surface area contributed by atoms with Gasteiger partial charge >= 0.3 is 0 Å². The number of hydrogen-bond donors (Lipinski definition) is 0. The summed E-state index contributed by atoms with van der Waals surface area (Å²) in [7, 11) is 0. The summed E-state index contributed by atoms with van der Waals surface area (Å²) < 4.78 is 6.57. The Balaban J connectivity index is 1.18. The van der Waals surface area contributed by atoms with Gasteiger partial charge in [-0.1, -0.05) is 115 Å². The molecule has 4 nitrogen and oxygen atoms in total. The molecule has 0 spiro atoms. The molecule has 0 aliphatic heterocycles. The molecule has 0 bridgehead atoms. The van der Waals surface area contributed by atoms with Gasteiger partial charge in [-0.15, -0.1) is 0 Å². The smallest absolute Gasteiger partial charge is 0.162 e. The molecular weight excluding hydrogens is 574 g/mol. The van der Waals surface area contributed by atoms with Crippen LogP contribution in [-0.4, -0.2) is 15.0 Å². The van der Waals surface area contributed by atoms with E-state index in [1.165, 1.54) is 5.39 Å². The largest absolute Gasteiger partial charge is 0.454 e. The molecule has 47 heavy (non-hydrogen) atoms. The summed E-state index contributed by atoms with van der Waals surface area (Å²) in [6.07, 6.45) is 0. The highest BCUT2D eigenvalue weighted by molar-refractivity contribution is 6.22. The molecule has 218 valence electrons. The number of fused-ring (bicyclic) bond motifs is 9. The van der Waals surface area contributed by atoms with Crippen LogP contribution in [0, 0.1) is 0 Å². The molecule has 0 saturated heterocycles. The van der Waals surface area contributed by atoms with Crippen molar-refractivity contribution in [3.63, 3.8) is 0 Å². The number of aromatic nitrogens is 3. The lowest BCUT2D eigenvalue weighted by molar-refractivity contribution is 0.669. The minimum atomic E-state index is 0.793. The van der Waals surface area contributed by atoms with Gasteiger partial charge in [0.05, 0.1) is 27.9 Å². The predicted octanol–water partition coefficient (Wildman–Crippen LogP) is 11.4. The number of nitrogens with zero attached hydrogens (tertiary/aromatic N) is 3. The fraction of sp³-hybridized carbons (Fsp3) is 0. The van der Waals surface area contributed by atoms with Crippen LogP contribution in [0.1, 0.15) is 0 Å². The second-order valence-electron chi connectivity index (χ2n) is 12.0. The summed E-state index contributed by atoms with van der Waals surface area (Å²) in [6.45, 7) is 0. The number of furan rings is 1. The van der Waals surface area contributed by atoms with Gasteiger partial charge < -0.3 is 4.42 Å². The molecule has 0 atom stereocenters. The lowest BCUT2D eigenvalue weighted by atomic mass is 9.99. The Morgan fingerprint density at radius 3 is 1.81 bits per heavy atom. The number of pyridine rings is 3. The van der Waals surface area contributed by atoms with Gasteiger partial charge in [0.15, 0.2) is 5.58 Å². The Labute approximate surface area is 269 Å². The van der Waals surface area contributed by atoms with Crippen molar-refractivity contribution in [1.82, 2.24) is 15.0 Å². The third-order valence-corrected chi connectivity index (χ3v) is 9.20. The first kappa shape index (κ1) is 25.9. The van der Waals surface area contributed by atoms with Crippen LogP contribution in [0.15, 0.2) is 156 Å². The van der Waals surface area contributed by atoms with Crippen LogP contribution in [0.4, 0.5) is 0 Å². The van der Waals surface area contributed by atoms with Crippen LogP contribution in [0.3, 0.4) is 0 Å². The summed E-state index contributed by atoms with van der Waals surface area (Å²) in [6, 6.07) is 52.5. The van der Waals surface area contributed by atoms with Crippen LogP contribution < -0.4 is 0 Å². The molecule has 0 unspecified atom stereocenters. The summed E-state index contributed by atoms with van der Waals surface area (Å²) >= 11 is 0. The van der Waals surface area contributed by atoms with E-state index in [-0.39, 0.29) is 0 Å². The van der Waals surface area contributed by atoms with Crippen LogP contribution in [-0.2, 0) is 0 Å². The zero-order valence-electron chi connectivity index (χ0n) is 25.2. The molecule has 0 amide bonds. The van der Waals surface area contributed by atoms with Gasteiger partial charge in [0.1, 0.15) is 11.3 Å². The summed E-state index contributed by atoms with van der Waals surface area (Å²) in [5.74, 6) is 0. The molecule has 0 saturated carbocycles. The van der Waals surface area contributed by atoms with Crippen molar-refractivity contribution in [2.75, 3.05) is 0 Å². The van der Waals surface area contributed by atoms with Gasteiger partial charge in [-0.2, -0.15) is 0 Å². The highest BCUT2D eigenvalue weighted by Gasteiger charge is 2.19. The minimum absolute atomic E-state index is 0.793. The molecule has 0 N–H and O–H groups in total. The van der Waals surface area contributed by atoms with E-state index in [4.69, 9.17) is 19.4 Å². The van der Waals surface area contributed by atoms with E-state index < -0.39 is 0 Å². The Kier molecular flexibility index (Phi) is 5.54. The van der Waals surface area contributed by atoms with Crippen LogP contribution >= 0.6 is 0 Å². The van der Waals surface area contributed by atoms with E-state index in [0.717, 1.165) is 93.8 Å². The monoisotopic (exact) mass is 599 g/mol. The third-order valence-electron chi connectivity index (χ3n) is 9.20. The fourth-order valence-corrected chi connectivity index (χ4v) is 6.89. The zero-order valence-corrected chi connectivity index (χ0v) is 25.2. The fourth-order valence-electron chi connectivity index (χ4n) is 6.89. The van der Waals surface area contributed by atoms with E-state index in [1.54, 1.807) is 0 Å². The normalized spacial score (nSPS) is 11.8. The van der Waals surface area contributed by atoms with E-state index >= 15 is 0 Å². The lowest BCUT2D eigenvalue weighted by Crippen LogP contribution is -1.92. The Morgan fingerprint density at radius 2 is 1.02 bits per heavy atom. The summed E-state index contributed by atoms with van der Waals surface area (Å²) in [5, 5.41) is 7.74. The molecule has 4 heteroatoms. The molecule has 0 aliphatic carbocycles.